The topological polar surface area (TPSA) is 41.1 Å². The summed E-state index contributed by atoms with van der Waals surface area (Å²) in [5.41, 5.74) is 0.799. The van der Waals surface area contributed by atoms with Crippen LogP contribution in [0.15, 0.2) is 18.2 Å². The average Bonchev–Trinajstić information content (AvgIpc) is 2.86. The second-order valence-electron chi connectivity index (χ2n) is 4.55. The van der Waals surface area contributed by atoms with E-state index in [4.69, 9.17) is 11.6 Å². The van der Waals surface area contributed by atoms with Crippen LogP contribution in [0.4, 0.5) is 4.39 Å². The van der Waals surface area contributed by atoms with E-state index in [9.17, 15) is 9.18 Å². The van der Waals surface area contributed by atoms with E-state index in [0.29, 0.717) is 0 Å². The van der Waals surface area contributed by atoms with Crippen molar-refractivity contribution in [3.8, 4) is 0 Å². The van der Waals surface area contributed by atoms with Crippen LogP contribution in [0.25, 0.3) is 0 Å². The number of hydrogen-bond donors (Lipinski definition) is 2. The molecule has 0 spiro atoms. The van der Waals surface area contributed by atoms with E-state index in [2.05, 4.69) is 10.6 Å². The molecule has 2 unspecified atom stereocenters. The van der Waals surface area contributed by atoms with E-state index >= 15 is 0 Å². The molecule has 1 heterocycles. The number of benzene rings is 1. The number of amides is 1. The zero-order valence-electron chi connectivity index (χ0n) is 10.6. The summed E-state index contributed by atoms with van der Waals surface area (Å²) in [6, 6.07) is 4.20. The molecule has 2 N–H and O–H groups in total. The maximum absolute atomic E-state index is 13.0. The smallest absolute Gasteiger partial charge is 0.237 e. The van der Waals surface area contributed by atoms with Crippen molar-refractivity contribution in [3.63, 3.8) is 0 Å². The van der Waals surface area contributed by atoms with Gasteiger partial charge >= 0.3 is 0 Å². The molecule has 0 bridgehead atoms. The van der Waals surface area contributed by atoms with Gasteiger partial charge in [-0.2, -0.15) is 0 Å². The third-order valence-corrected chi connectivity index (χ3v) is 3.47. The highest BCUT2D eigenvalue weighted by atomic mass is 35.5. The number of nitrogens with one attached hydrogen (secondary N) is 2. The summed E-state index contributed by atoms with van der Waals surface area (Å²) >= 11 is 5.72. The molecule has 19 heavy (non-hydrogen) atoms. The van der Waals surface area contributed by atoms with Crippen molar-refractivity contribution in [2.75, 3.05) is 6.54 Å². The second kappa shape index (κ2) is 7.08. The van der Waals surface area contributed by atoms with Gasteiger partial charge < -0.3 is 10.6 Å². The molecule has 6 heteroatoms. The third kappa shape index (κ3) is 4.06. The Bertz CT molecular complexity index is 450. The van der Waals surface area contributed by atoms with Crippen LogP contribution in [-0.2, 0) is 4.79 Å². The quantitative estimate of drug-likeness (QED) is 0.901. The zero-order chi connectivity index (χ0) is 13.1. The predicted octanol–water partition coefficient (Wildman–Crippen LogP) is 2.83. The summed E-state index contributed by atoms with van der Waals surface area (Å²) in [5, 5.41) is 6.11. The molecule has 1 amide bonds. The molecule has 2 atom stereocenters. The maximum Gasteiger partial charge on any atom is 0.237 e. The van der Waals surface area contributed by atoms with Crippen molar-refractivity contribution >= 4 is 29.9 Å². The summed E-state index contributed by atoms with van der Waals surface area (Å²) in [6.45, 7) is 2.74. The van der Waals surface area contributed by atoms with Gasteiger partial charge in [-0.05, 0) is 44.0 Å². The Labute approximate surface area is 123 Å². The van der Waals surface area contributed by atoms with E-state index in [-0.39, 0.29) is 35.4 Å². The van der Waals surface area contributed by atoms with Crippen molar-refractivity contribution in [1.82, 2.24) is 10.6 Å². The van der Waals surface area contributed by atoms with Crippen LogP contribution in [-0.4, -0.2) is 18.5 Å². The van der Waals surface area contributed by atoms with Crippen LogP contribution in [0, 0.1) is 5.82 Å². The number of carbonyl (C=O) groups excluding carboxylic acids is 1. The summed E-state index contributed by atoms with van der Waals surface area (Å²) in [6.07, 6.45) is 1.89. The fourth-order valence-corrected chi connectivity index (χ4v) is 2.28. The van der Waals surface area contributed by atoms with Crippen molar-refractivity contribution in [2.45, 2.75) is 31.8 Å². The maximum atomic E-state index is 13.0. The van der Waals surface area contributed by atoms with E-state index in [1.165, 1.54) is 6.07 Å². The van der Waals surface area contributed by atoms with E-state index in [1.54, 1.807) is 12.1 Å². The monoisotopic (exact) mass is 306 g/mol. The van der Waals surface area contributed by atoms with Crippen LogP contribution in [0.1, 0.15) is 31.4 Å². The molecule has 1 aromatic rings. The Morgan fingerprint density at radius 2 is 2.32 bits per heavy atom. The highest BCUT2D eigenvalue weighted by Crippen LogP contribution is 2.21. The van der Waals surface area contributed by atoms with Gasteiger partial charge in [0.1, 0.15) is 5.82 Å². The number of halogens is 3. The molecule has 1 fully saturated rings. The van der Waals surface area contributed by atoms with Gasteiger partial charge in [0.2, 0.25) is 5.91 Å². The largest absolute Gasteiger partial charge is 0.348 e. The molecular formula is C13H17Cl2FN2O. The predicted molar refractivity (Wildman–Crippen MR) is 76.2 cm³/mol. The normalized spacial score (nSPS) is 19.6. The molecule has 2 rings (SSSR count). The van der Waals surface area contributed by atoms with Gasteiger partial charge in [0.25, 0.3) is 0 Å². The van der Waals surface area contributed by atoms with Gasteiger partial charge in [-0.25, -0.2) is 4.39 Å². The minimum absolute atomic E-state index is 0. The fourth-order valence-electron chi connectivity index (χ4n) is 2.09. The second-order valence-corrected chi connectivity index (χ2v) is 4.96. The SMILES string of the molecule is CC(NC(=O)C1CCCN1)c1ccc(F)c(Cl)c1.Cl. The minimum Gasteiger partial charge on any atom is -0.348 e. The molecule has 1 aliphatic rings. The van der Waals surface area contributed by atoms with Crippen molar-refractivity contribution in [1.29, 1.82) is 0 Å². The molecular weight excluding hydrogens is 290 g/mol. The summed E-state index contributed by atoms with van der Waals surface area (Å²) in [7, 11) is 0. The van der Waals surface area contributed by atoms with Gasteiger partial charge in [-0.3, -0.25) is 4.79 Å². The average molecular weight is 307 g/mol. The van der Waals surface area contributed by atoms with Crippen LogP contribution >= 0.6 is 24.0 Å². The Morgan fingerprint density at radius 3 is 2.89 bits per heavy atom. The minimum atomic E-state index is -0.448. The first-order valence-corrected chi connectivity index (χ1v) is 6.44. The molecule has 1 aromatic carbocycles. The third-order valence-electron chi connectivity index (χ3n) is 3.18. The molecule has 0 aliphatic carbocycles. The van der Waals surface area contributed by atoms with E-state index < -0.39 is 5.82 Å². The Morgan fingerprint density at radius 1 is 1.58 bits per heavy atom. The number of rotatable bonds is 3. The Kier molecular flexibility index (Phi) is 6.04. The Hall–Kier alpha value is -0.840. The molecule has 3 nitrogen and oxygen atoms in total. The summed E-state index contributed by atoms with van der Waals surface area (Å²) in [4.78, 5) is 11.9. The van der Waals surface area contributed by atoms with Gasteiger partial charge in [0.15, 0.2) is 0 Å². The van der Waals surface area contributed by atoms with Gasteiger partial charge in [0.05, 0.1) is 17.1 Å². The molecule has 0 saturated carbocycles. The lowest BCUT2D eigenvalue weighted by atomic mass is 10.1. The Balaban J connectivity index is 0.00000180. The lowest BCUT2D eigenvalue weighted by Crippen LogP contribution is -2.41. The number of carbonyl (C=O) groups is 1. The summed E-state index contributed by atoms with van der Waals surface area (Å²) < 4.78 is 13.0. The van der Waals surface area contributed by atoms with Crippen molar-refractivity contribution in [2.24, 2.45) is 0 Å². The van der Waals surface area contributed by atoms with E-state index in [1.807, 2.05) is 6.92 Å². The van der Waals surface area contributed by atoms with Gasteiger partial charge in [-0.15, -0.1) is 12.4 Å². The van der Waals surface area contributed by atoms with Crippen molar-refractivity contribution in [3.05, 3.63) is 34.6 Å². The fraction of sp³-hybridized carbons (Fsp3) is 0.462. The lowest BCUT2D eigenvalue weighted by molar-refractivity contribution is -0.123. The van der Waals surface area contributed by atoms with E-state index in [0.717, 1.165) is 24.9 Å². The number of hydrogen-bond acceptors (Lipinski definition) is 2. The van der Waals surface area contributed by atoms with Gasteiger partial charge in [0, 0.05) is 0 Å². The molecule has 106 valence electrons. The first-order valence-electron chi connectivity index (χ1n) is 6.06. The zero-order valence-corrected chi connectivity index (χ0v) is 12.2. The molecule has 1 aliphatic heterocycles. The molecule has 0 radical (unpaired) electrons. The highest BCUT2D eigenvalue weighted by molar-refractivity contribution is 6.30. The van der Waals surface area contributed by atoms with Crippen LogP contribution in [0.3, 0.4) is 0 Å². The van der Waals surface area contributed by atoms with Crippen LogP contribution in [0.2, 0.25) is 5.02 Å². The standard InChI is InChI=1S/C13H16ClFN2O.ClH/c1-8(9-4-5-11(15)10(14)7-9)17-13(18)12-3-2-6-16-12;/h4-5,7-8,12,16H,2-3,6H2,1H3,(H,17,18);1H. The van der Waals surface area contributed by atoms with Crippen molar-refractivity contribution < 1.29 is 9.18 Å². The van der Waals surface area contributed by atoms with Gasteiger partial charge in [-0.1, -0.05) is 17.7 Å². The summed E-state index contributed by atoms with van der Waals surface area (Å²) in [5.74, 6) is -0.461. The lowest BCUT2D eigenvalue weighted by Gasteiger charge is -2.17. The van der Waals surface area contributed by atoms with Crippen LogP contribution < -0.4 is 10.6 Å². The first-order chi connectivity index (χ1) is 8.58. The molecule has 0 aromatic heterocycles. The highest BCUT2D eigenvalue weighted by Gasteiger charge is 2.23. The molecule has 1 saturated heterocycles. The van der Waals surface area contributed by atoms with Crippen LogP contribution in [0.5, 0.6) is 0 Å². The first kappa shape index (κ1) is 16.2.